The molecule has 6 heteroatoms. The molecule has 0 saturated heterocycles. The summed E-state index contributed by atoms with van der Waals surface area (Å²) in [5.74, 6) is 1.90. The Morgan fingerprint density at radius 1 is 0.857 bits per heavy atom. The lowest BCUT2D eigenvalue weighted by Crippen LogP contribution is -2.22. The molecule has 0 bridgehead atoms. The molecule has 0 amide bonds. The van der Waals surface area contributed by atoms with Gasteiger partial charge in [-0.05, 0) is 62.4 Å². The Hall–Kier alpha value is -3.15. The molecular formula is C22H24FN3O2. The third-order valence-electron chi connectivity index (χ3n) is 4.23. The van der Waals surface area contributed by atoms with Crippen molar-refractivity contribution < 1.29 is 13.9 Å². The Bertz CT molecular complexity index is 852. The van der Waals surface area contributed by atoms with Gasteiger partial charge in [0.1, 0.15) is 36.4 Å². The Kier molecular flexibility index (Phi) is 6.78. The highest BCUT2D eigenvalue weighted by molar-refractivity contribution is 5.49. The summed E-state index contributed by atoms with van der Waals surface area (Å²) in [6.07, 6.45) is 3.73. The molecule has 1 aromatic heterocycles. The van der Waals surface area contributed by atoms with Crippen LogP contribution in [0.5, 0.6) is 11.5 Å². The third-order valence-corrected chi connectivity index (χ3v) is 4.23. The fraction of sp³-hybridized carbons (Fsp3) is 0.273. The summed E-state index contributed by atoms with van der Waals surface area (Å²) in [6.45, 7) is 6.43. The van der Waals surface area contributed by atoms with Crippen LogP contribution in [0.1, 0.15) is 18.3 Å². The zero-order chi connectivity index (χ0) is 19.8. The monoisotopic (exact) mass is 381 g/mol. The molecule has 0 N–H and O–H groups in total. The maximum absolute atomic E-state index is 12.9. The number of aryl methyl sites for hydroxylation is 1. The summed E-state index contributed by atoms with van der Waals surface area (Å²) >= 11 is 0. The van der Waals surface area contributed by atoms with Crippen LogP contribution in [0, 0.1) is 12.7 Å². The number of anilines is 1. The van der Waals surface area contributed by atoms with Crippen molar-refractivity contribution in [2.24, 2.45) is 0 Å². The molecule has 0 fully saturated rings. The predicted octanol–water partition coefficient (Wildman–Crippen LogP) is 4.41. The van der Waals surface area contributed by atoms with E-state index in [2.05, 4.69) is 21.8 Å². The van der Waals surface area contributed by atoms with Gasteiger partial charge >= 0.3 is 0 Å². The van der Waals surface area contributed by atoms with Crippen LogP contribution in [0.3, 0.4) is 0 Å². The zero-order valence-electron chi connectivity index (χ0n) is 16.1. The van der Waals surface area contributed by atoms with Gasteiger partial charge in [-0.2, -0.15) is 0 Å². The second-order valence-electron chi connectivity index (χ2n) is 6.30. The van der Waals surface area contributed by atoms with Crippen LogP contribution in [0.4, 0.5) is 10.1 Å². The van der Waals surface area contributed by atoms with Crippen molar-refractivity contribution in [2.75, 3.05) is 24.7 Å². The number of benzene rings is 2. The van der Waals surface area contributed by atoms with Gasteiger partial charge in [0, 0.05) is 36.7 Å². The highest BCUT2D eigenvalue weighted by atomic mass is 19.1. The number of ether oxygens (including phenoxy) is 2. The number of rotatable bonds is 9. The fourth-order valence-corrected chi connectivity index (χ4v) is 2.71. The minimum absolute atomic E-state index is 0.278. The van der Waals surface area contributed by atoms with E-state index >= 15 is 0 Å². The molecule has 146 valence electrons. The Morgan fingerprint density at radius 3 is 1.93 bits per heavy atom. The van der Waals surface area contributed by atoms with Crippen LogP contribution in [-0.4, -0.2) is 29.7 Å². The summed E-state index contributed by atoms with van der Waals surface area (Å²) in [4.78, 5) is 10.8. The average molecular weight is 381 g/mol. The van der Waals surface area contributed by atoms with E-state index in [-0.39, 0.29) is 5.82 Å². The zero-order valence-corrected chi connectivity index (χ0v) is 16.1. The lowest BCUT2D eigenvalue weighted by molar-refractivity contribution is 0.217. The van der Waals surface area contributed by atoms with Crippen LogP contribution in [-0.2, 0) is 6.54 Å². The van der Waals surface area contributed by atoms with Crippen LogP contribution in [0.25, 0.3) is 0 Å². The Balaban J connectivity index is 1.49. The number of hydrogen-bond donors (Lipinski definition) is 0. The van der Waals surface area contributed by atoms with Crippen molar-refractivity contribution in [3.05, 3.63) is 78.1 Å². The third kappa shape index (κ3) is 5.67. The van der Waals surface area contributed by atoms with E-state index in [1.54, 1.807) is 12.1 Å². The van der Waals surface area contributed by atoms with Crippen LogP contribution >= 0.6 is 0 Å². The normalized spacial score (nSPS) is 10.5. The van der Waals surface area contributed by atoms with E-state index in [1.165, 1.54) is 12.1 Å². The second kappa shape index (κ2) is 9.69. The lowest BCUT2D eigenvalue weighted by Gasteiger charge is -2.23. The van der Waals surface area contributed by atoms with E-state index in [9.17, 15) is 4.39 Å². The topological polar surface area (TPSA) is 47.5 Å². The SMILES string of the molecule is CCN(Cc1cnc(C)nc1)c1ccc(OCCOc2ccc(F)cc2)cc1. The average Bonchev–Trinajstić information content (AvgIpc) is 2.73. The van der Waals surface area contributed by atoms with Gasteiger partial charge < -0.3 is 14.4 Å². The highest BCUT2D eigenvalue weighted by Gasteiger charge is 2.07. The number of halogens is 1. The molecule has 28 heavy (non-hydrogen) atoms. The smallest absolute Gasteiger partial charge is 0.125 e. The van der Waals surface area contributed by atoms with Crippen LogP contribution < -0.4 is 14.4 Å². The quantitative estimate of drug-likeness (QED) is 0.514. The van der Waals surface area contributed by atoms with Gasteiger partial charge in [0.2, 0.25) is 0 Å². The van der Waals surface area contributed by atoms with E-state index in [0.29, 0.717) is 19.0 Å². The molecule has 0 aliphatic heterocycles. The molecule has 0 unspecified atom stereocenters. The van der Waals surface area contributed by atoms with Gasteiger partial charge in [0.15, 0.2) is 0 Å². The van der Waals surface area contributed by atoms with E-state index in [4.69, 9.17) is 9.47 Å². The molecule has 1 heterocycles. The largest absolute Gasteiger partial charge is 0.490 e. The molecule has 0 saturated carbocycles. The van der Waals surface area contributed by atoms with Crippen molar-refractivity contribution in [2.45, 2.75) is 20.4 Å². The molecule has 0 spiro atoms. The van der Waals surface area contributed by atoms with Gasteiger partial charge in [-0.1, -0.05) is 0 Å². The van der Waals surface area contributed by atoms with Crippen LogP contribution in [0.15, 0.2) is 60.9 Å². The lowest BCUT2D eigenvalue weighted by atomic mass is 10.2. The highest BCUT2D eigenvalue weighted by Crippen LogP contribution is 2.21. The van der Waals surface area contributed by atoms with E-state index in [1.807, 2.05) is 43.6 Å². The second-order valence-corrected chi connectivity index (χ2v) is 6.30. The number of aromatic nitrogens is 2. The minimum Gasteiger partial charge on any atom is -0.490 e. The molecule has 2 aromatic carbocycles. The number of nitrogens with zero attached hydrogens (tertiary/aromatic N) is 3. The van der Waals surface area contributed by atoms with E-state index < -0.39 is 0 Å². The summed E-state index contributed by atoms with van der Waals surface area (Å²) < 4.78 is 24.1. The van der Waals surface area contributed by atoms with Crippen molar-refractivity contribution in [3.63, 3.8) is 0 Å². The standard InChI is InChI=1S/C22H24FN3O2/c1-3-26(16-18-14-24-17(2)25-15-18)20-6-10-22(11-7-20)28-13-12-27-21-8-4-19(23)5-9-21/h4-11,14-15H,3,12-13,16H2,1-2H3. The first kappa shape index (κ1) is 19.6. The minimum atomic E-state index is -0.278. The van der Waals surface area contributed by atoms with Crippen molar-refractivity contribution >= 4 is 5.69 Å². The maximum Gasteiger partial charge on any atom is 0.125 e. The van der Waals surface area contributed by atoms with Crippen molar-refractivity contribution in [3.8, 4) is 11.5 Å². The van der Waals surface area contributed by atoms with Crippen molar-refractivity contribution in [1.29, 1.82) is 0 Å². The van der Waals surface area contributed by atoms with Crippen molar-refractivity contribution in [1.82, 2.24) is 9.97 Å². The van der Waals surface area contributed by atoms with Gasteiger partial charge in [-0.25, -0.2) is 14.4 Å². The van der Waals surface area contributed by atoms with E-state index in [0.717, 1.165) is 35.9 Å². The first-order valence-electron chi connectivity index (χ1n) is 9.27. The molecule has 0 atom stereocenters. The summed E-state index contributed by atoms with van der Waals surface area (Å²) in [5.41, 5.74) is 2.18. The fourth-order valence-electron chi connectivity index (χ4n) is 2.71. The van der Waals surface area contributed by atoms with Gasteiger partial charge in [0.25, 0.3) is 0 Å². The molecule has 3 rings (SSSR count). The van der Waals surface area contributed by atoms with Gasteiger partial charge in [-0.15, -0.1) is 0 Å². The first-order valence-corrected chi connectivity index (χ1v) is 9.27. The summed E-state index contributed by atoms with van der Waals surface area (Å²) in [7, 11) is 0. The Morgan fingerprint density at radius 2 is 1.39 bits per heavy atom. The molecular weight excluding hydrogens is 357 g/mol. The number of hydrogen-bond acceptors (Lipinski definition) is 5. The summed E-state index contributed by atoms with van der Waals surface area (Å²) in [5, 5.41) is 0. The maximum atomic E-state index is 12.9. The summed E-state index contributed by atoms with van der Waals surface area (Å²) in [6, 6.07) is 13.9. The Labute approximate surface area is 164 Å². The predicted molar refractivity (Wildman–Crippen MR) is 107 cm³/mol. The molecule has 3 aromatic rings. The molecule has 0 aliphatic rings. The van der Waals surface area contributed by atoms with Crippen LogP contribution in [0.2, 0.25) is 0 Å². The first-order chi connectivity index (χ1) is 13.6. The van der Waals surface area contributed by atoms with Gasteiger partial charge in [0.05, 0.1) is 0 Å². The molecule has 0 radical (unpaired) electrons. The molecule has 0 aliphatic carbocycles. The molecule has 5 nitrogen and oxygen atoms in total. The van der Waals surface area contributed by atoms with Gasteiger partial charge in [-0.3, -0.25) is 0 Å².